The molecule has 1 aliphatic heterocycles. The number of hydrogen-bond acceptors (Lipinski definition) is 6. The smallest absolute Gasteiger partial charge is 0.234 e. The number of ether oxygens (including phenoxy) is 2. The molecule has 1 aliphatic rings. The highest BCUT2D eigenvalue weighted by Gasteiger charge is 2.23. The molecule has 2 aromatic rings. The summed E-state index contributed by atoms with van der Waals surface area (Å²) >= 11 is 0. The number of carbonyl (C=O) groups excluding carboxylic acids is 2. The van der Waals surface area contributed by atoms with Crippen molar-refractivity contribution in [1.29, 1.82) is 0 Å². The van der Waals surface area contributed by atoms with Crippen molar-refractivity contribution in [2.75, 3.05) is 60.0 Å². The second-order valence-corrected chi connectivity index (χ2v) is 9.20. The highest BCUT2D eigenvalue weighted by Crippen LogP contribution is 2.28. The molecule has 0 radical (unpaired) electrons. The summed E-state index contributed by atoms with van der Waals surface area (Å²) in [5, 5.41) is 2.93. The number of piperazine rings is 1. The molecule has 35 heavy (non-hydrogen) atoms. The van der Waals surface area contributed by atoms with Gasteiger partial charge in [-0.15, -0.1) is 0 Å². The number of amides is 1. The van der Waals surface area contributed by atoms with Gasteiger partial charge in [-0.1, -0.05) is 13.0 Å². The minimum absolute atomic E-state index is 0.0805. The molecule has 0 bridgehead atoms. The number of Topliss-reactive ketones (excluding diaryl/α,β-unsaturated/α-hetero) is 1. The van der Waals surface area contributed by atoms with E-state index in [1.54, 1.807) is 14.2 Å². The van der Waals surface area contributed by atoms with Crippen LogP contribution in [0.5, 0.6) is 11.5 Å². The minimum atomic E-state index is 0.0805. The Bertz CT molecular complexity index is 1010. The third kappa shape index (κ3) is 7.08. The van der Waals surface area contributed by atoms with Gasteiger partial charge in [0.25, 0.3) is 0 Å². The minimum Gasteiger partial charge on any atom is -0.493 e. The van der Waals surface area contributed by atoms with Gasteiger partial charge in [-0.25, -0.2) is 0 Å². The highest BCUT2D eigenvalue weighted by atomic mass is 16.5. The quantitative estimate of drug-likeness (QED) is 0.467. The van der Waals surface area contributed by atoms with E-state index in [1.807, 2.05) is 32.0 Å². The van der Waals surface area contributed by atoms with Gasteiger partial charge >= 0.3 is 0 Å². The van der Waals surface area contributed by atoms with Gasteiger partial charge in [0.05, 0.1) is 27.3 Å². The van der Waals surface area contributed by atoms with Crippen molar-refractivity contribution in [2.24, 2.45) is 0 Å². The number of methoxy groups -OCH3 is 2. The summed E-state index contributed by atoms with van der Waals surface area (Å²) in [6.07, 6.45) is 1.77. The lowest BCUT2D eigenvalue weighted by molar-refractivity contribution is -0.122. The van der Waals surface area contributed by atoms with E-state index < -0.39 is 0 Å². The van der Waals surface area contributed by atoms with Gasteiger partial charge < -0.3 is 19.4 Å². The lowest BCUT2D eigenvalue weighted by atomic mass is 10.1. The van der Waals surface area contributed by atoms with E-state index >= 15 is 0 Å². The monoisotopic (exact) mass is 484 g/mol. The molecule has 2 heterocycles. The third-order valence-corrected chi connectivity index (χ3v) is 6.72. The van der Waals surface area contributed by atoms with Crippen LogP contribution in [0.15, 0.2) is 24.3 Å². The first kappa shape index (κ1) is 26.8. The zero-order valence-corrected chi connectivity index (χ0v) is 21.9. The summed E-state index contributed by atoms with van der Waals surface area (Å²) in [6, 6.07) is 8.00. The molecular weight excluding hydrogens is 444 g/mol. The van der Waals surface area contributed by atoms with E-state index in [2.05, 4.69) is 32.7 Å². The molecule has 1 aromatic carbocycles. The van der Waals surface area contributed by atoms with Crippen molar-refractivity contribution in [3.63, 3.8) is 0 Å². The van der Waals surface area contributed by atoms with E-state index in [1.165, 1.54) is 0 Å². The number of benzene rings is 1. The highest BCUT2D eigenvalue weighted by molar-refractivity contribution is 5.99. The summed E-state index contributed by atoms with van der Waals surface area (Å²) < 4.78 is 13.0. The van der Waals surface area contributed by atoms with Gasteiger partial charge in [0, 0.05) is 56.2 Å². The van der Waals surface area contributed by atoms with E-state index in [0.29, 0.717) is 13.1 Å². The Balaban J connectivity index is 1.54. The SMILES string of the molecule is CCCNC(=O)CN1CCN(CC(=O)c2cc(C)n(CCc3ccc(OC)c(OC)c3)c2C)CC1. The summed E-state index contributed by atoms with van der Waals surface area (Å²) in [5.74, 6) is 1.68. The second kappa shape index (κ2) is 12.7. The summed E-state index contributed by atoms with van der Waals surface area (Å²) in [7, 11) is 3.28. The standard InChI is InChI=1S/C27H40N4O4/c1-6-10-28-27(33)19-30-14-12-29(13-15-30)18-24(32)23-16-20(2)31(21(23)3)11-9-22-7-8-25(34-4)26(17-22)35-5/h7-8,16-17H,6,9-15,18-19H2,1-5H3,(H,28,33). The first-order valence-corrected chi connectivity index (χ1v) is 12.5. The van der Waals surface area contributed by atoms with Crippen molar-refractivity contribution >= 4 is 11.7 Å². The number of rotatable bonds is 12. The zero-order valence-electron chi connectivity index (χ0n) is 21.9. The van der Waals surface area contributed by atoms with Crippen molar-refractivity contribution in [3.8, 4) is 11.5 Å². The molecule has 0 aliphatic carbocycles. The summed E-state index contributed by atoms with van der Waals surface area (Å²) in [4.78, 5) is 29.4. The van der Waals surface area contributed by atoms with Crippen molar-refractivity contribution in [2.45, 2.75) is 40.2 Å². The fraction of sp³-hybridized carbons (Fsp3) is 0.556. The van der Waals surface area contributed by atoms with Crippen LogP contribution in [0, 0.1) is 13.8 Å². The van der Waals surface area contributed by atoms with Crippen LogP contribution in [-0.2, 0) is 17.8 Å². The van der Waals surface area contributed by atoms with Gasteiger partial charge in [-0.2, -0.15) is 0 Å². The van der Waals surface area contributed by atoms with E-state index in [-0.39, 0.29) is 11.7 Å². The maximum Gasteiger partial charge on any atom is 0.234 e. The molecule has 1 amide bonds. The van der Waals surface area contributed by atoms with Crippen LogP contribution in [0.1, 0.15) is 40.7 Å². The molecule has 0 saturated carbocycles. The fourth-order valence-corrected chi connectivity index (χ4v) is 4.62. The first-order chi connectivity index (χ1) is 16.9. The van der Waals surface area contributed by atoms with Gasteiger partial charge in [0.1, 0.15) is 0 Å². The molecule has 192 valence electrons. The molecule has 0 atom stereocenters. The number of nitrogens with one attached hydrogen (secondary N) is 1. The lowest BCUT2D eigenvalue weighted by Gasteiger charge is -2.33. The van der Waals surface area contributed by atoms with Gasteiger partial charge in [0.2, 0.25) is 5.91 Å². The third-order valence-electron chi connectivity index (χ3n) is 6.72. The first-order valence-electron chi connectivity index (χ1n) is 12.5. The predicted octanol–water partition coefficient (Wildman–Crippen LogP) is 2.69. The second-order valence-electron chi connectivity index (χ2n) is 9.20. The summed E-state index contributed by atoms with van der Waals surface area (Å²) in [6.45, 7) is 11.7. The Morgan fingerprint density at radius 1 is 0.943 bits per heavy atom. The molecule has 0 spiro atoms. The number of aryl methyl sites for hydroxylation is 2. The molecular formula is C27H40N4O4. The number of ketones is 1. The normalized spacial score (nSPS) is 14.7. The molecule has 3 rings (SSSR count). The van der Waals surface area contributed by atoms with E-state index in [4.69, 9.17) is 9.47 Å². The van der Waals surface area contributed by atoms with Crippen molar-refractivity contribution in [3.05, 3.63) is 46.8 Å². The Hall–Kier alpha value is -2.84. The van der Waals surface area contributed by atoms with E-state index in [0.717, 1.165) is 86.1 Å². The molecule has 1 saturated heterocycles. The molecule has 1 N–H and O–H groups in total. The summed E-state index contributed by atoms with van der Waals surface area (Å²) in [5.41, 5.74) is 4.06. The zero-order chi connectivity index (χ0) is 25.4. The number of aromatic nitrogens is 1. The predicted molar refractivity (Wildman–Crippen MR) is 138 cm³/mol. The Kier molecular flexibility index (Phi) is 9.74. The molecule has 0 unspecified atom stereocenters. The van der Waals surface area contributed by atoms with Crippen molar-refractivity contribution in [1.82, 2.24) is 19.7 Å². The average Bonchev–Trinajstić information content (AvgIpc) is 3.15. The van der Waals surface area contributed by atoms with Crippen LogP contribution in [0.2, 0.25) is 0 Å². The fourth-order valence-electron chi connectivity index (χ4n) is 4.62. The maximum atomic E-state index is 13.1. The molecule has 1 fully saturated rings. The van der Waals surface area contributed by atoms with Crippen LogP contribution in [-0.4, -0.2) is 86.1 Å². The van der Waals surface area contributed by atoms with Gasteiger partial charge in [-0.3, -0.25) is 19.4 Å². The molecule has 1 aromatic heterocycles. The lowest BCUT2D eigenvalue weighted by Crippen LogP contribution is -2.50. The van der Waals surface area contributed by atoms with Crippen LogP contribution in [0.3, 0.4) is 0 Å². The van der Waals surface area contributed by atoms with Crippen molar-refractivity contribution < 1.29 is 19.1 Å². The van der Waals surface area contributed by atoms with Crippen LogP contribution in [0.4, 0.5) is 0 Å². The van der Waals surface area contributed by atoms with Crippen LogP contribution in [0.25, 0.3) is 0 Å². The maximum absolute atomic E-state index is 13.1. The molecule has 8 heteroatoms. The Morgan fingerprint density at radius 2 is 1.60 bits per heavy atom. The number of carbonyl (C=O) groups is 2. The molecule has 8 nitrogen and oxygen atoms in total. The van der Waals surface area contributed by atoms with Crippen LogP contribution >= 0.6 is 0 Å². The largest absolute Gasteiger partial charge is 0.493 e. The van der Waals surface area contributed by atoms with E-state index in [9.17, 15) is 9.59 Å². The van der Waals surface area contributed by atoms with Gasteiger partial charge in [-0.05, 0) is 50.5 Å². The number of nitrogens with zero attached hydrogens (tertiary/aromatic N) is 3. The average molecular weight is 485 g/mol. The topological polar surface area (TPSA) is 76.0 Å². The Labute approximate surface area is 209 Å². The Morgan fingerprint density at radius 3 is 2.23 bits per heavy atom. The number of hydrogen-bond donors (Lipinski definition) is 1. The van der Waals surface area contributed by atoms with Gasteiger partial charge in [0.15, 0.2) is 17.3 Å². The van der Waals surface area contributed by atoms with Crippen LogP contribution < -0.4 is 14.8 Å².